The van der Waals surface area contributed by atoms with Crippen molar-refractivity contribution < 1.29 is 24.1 Å². The van der Waals surface area contributed by atoms with E-state index in [0.29, 0.717) is 37.2 Å². The zero-order valence-electron chi connectivity index (χ0n) is 14.8. The molecule has 1 saturated carbocycles. The zero-order chi connectivity index (χ0) is 17.1. The number of carbonyl (C=O) groups is 1. The molecule has 1 N–H and O–H groups in total. The van der Waals surface area contributed by atoms with Gasteiger partial charge in [-0.25, -0.2) is 0 Å². The summed E-state index contributed by atoms with van der Waals surface area (Å²) in [4.78, 5) is 12.6. The number of hydrogen-bond donors (Lipinski definition) is 1. The molecule has 1 spiro atoms. The van der Waals surface area contributed by atoms with Gasteiger partial charge in [0.25, 0.3) is 0 Å². The third-order valence-electron chi connectivity index (χ3n) is 6.77. The van der Waals surface area contributed by atoms with Crippen LogP contribution in [0.5, 0.6) is 0 Å². The van der Waals surface area contributed by atoms with Crippen molar-refractivity contribution in [1.82, 2.24) is 0 Å². The summed E-state index contributed by atoms with van der Waals surface area (Å²) in [6.45, 7) is 5.28. The lowest BCUT2D eigenvalue weighted by molar-refractivity contribution is -0.121. The predicted octanol–water partition coefficient (Wildman–Crippen LogP) is 2.08. The molecular formula is C19H28O5. The molecule has 0 amide bonds. The third kappa shape index (κ3) is 2.07. The number of Topliss-reactive ketones (excluding diaryl/α,β-unsaturated/α-hetero) is 1. The second-order valence-corrected chi connectivity index (χ2v) is 7.97. The Hall–Kier alpha value is -0.910. The number of hydrogen-bond acceptors (Lipinski definition) is 5. The molecule has 2 aliphatic heterocycles. The summed E-state index contributed by atoms with van der Waals surface area (Å²) in [6, 6.07) is 0. The van der Waals surface area contributed by atoms with E-state index in [0.717, 1.165) is 24.8 Å². The number of rotatable bonds is 4. The Morgan fingerprint density at radius 2 is 2.12 bits per heavy atom. The van der Waals surface area contributed by atoms with E-state index in [1.54, 1.807) is 7.11 Å². The van der Waals surface area contributed by atoms with Crippen molar-refractivity contribution in [1.29, 1.82) is 0 Å². The molecule has 2 heterocycles. The molecule has 2 aliphatic carbocycles. The van der Waals surface area contributed by atoms with Gasteiger partial charge in [-0.1, -0.05) is 6.92 Å². The fourth-order valence-electron chi connectivity index (χ4n) is 5.99. The lowest BCUT2D eigenvalue weighted by Gasteiger charge is -2.42. The quantitative estimate of drug-likeness (QED) is 0.851. The van der Waals surface area contributed by atoms with Crippen LogP contribution in [0.25, 0.3) is 0 Å². The van der Waals surface area contributed by atoms with E-state index in [1.807, 2.05) is 6.92 Å². The standard InChI is InChI=1S/C19H28O5/c1-4-23-18-12-6-11(9-22-3)7-14-17(21)16-5-10(2)19(14,24-16)13(12)8-15(18)20/h10-11,13-14,16-17,21H,4-9H2,1-3H3/t10-,11+,13-,14-,16+,17-,19+/m1/s1. The second kappa shape index (κ2) is 5.82. The highest BCUT2D eigenvalue weighted by atomic mass is 16.5. The summed E-state index contributed by atoms with van der Waals surface area (Å²) in [5.74, 6) is 1.45. The van der Waals surface area contributed by atoms with E-state index in [-0.39, 0.29) is 23.7 Å². The minimum Gasteiger partial charge on any atom is -0.490 e. The van der Waals surface area contributed by atoms with Crippen molar-refractivity contribution in [3.8, 4) is 0 Å². The maximum atomic E-state index is 12.6. The summed E-state index contributed by atoms with van der Waals surface area (Å²) in [6.07, 6.45) is 2.54. The van der Waals surface area contributed by atoms with Crippen molar-refractivity contribution >= 4 is 5.78 Å². The molecule has 4 aliphatic rings. The van der Waals surface area contributed by atoms with Gasteiger partial charge in [0.05, 0.1) is 24.4 Å². The molecule has 3 fully saturated rings. The molecule has 134 valence electrons. The smallest absolute Gasteiger partial charge is 0.198 e. The molecule has 0 aromatic carbocycles. The Morgan fingerprint density at radius 3 is 2.83 bits per heavy atom. The molecule has 0 aromatic rings. The molecule has 4 rings (SSSR count). The number of carbonyl (C=O) groups excluding carboxylic acids is 1. The Bertz CT molecular complexity index is 570. The average molecular weight is 336 g/mol. The Kier molecular flexibility index (Phi) is 4.01. The highest BCUT2D eigenvalue weighted by molar-refractivity contribution is 5.97. The van der Waals surface area contributed by atoms with Gasteiger partial charge in [0.1, 0.15) is 0 Å². The molecule has 0 radical (unpaired) electrons. The van der Waals surface area contributed by atoms with Gasteiger partial charge in [0.2, 0.25) is 0 Å². The number of aliphatic hydroxyl groups is 1. The lowest BCUT2D eigenvalue weighted by Crippen LogP contribution is -2.50. The largest absolute Gasteiger partial charge is 0.490 e. The van der Waals surface area contributed by atoms with Gasteiger partial charge in [-0.05, 0) is 43.6 Å². The van der Waals surface area contributed by atoms with Gasteiger partial charge in [-0.2, -0.15) is 0 Å². The first-order chi connectivity index (χ1) is 11.5. The monoisotopic (exact) mass is 336 g/mol. The number of ketones is 1. The number of aliphatic hydroxyl groups excluding tert-OH is 1. The molecule has 24 heavy (non-hydrogen) atoms. The highest BCUT2D eigenvalue weighted by Crippen LogP contribution is 2.62. The summed E-state index contributed by atoms with van der Waals surface area (Å²) in [7, 11) is 1.71. The van der Waals surface area contributed by atoms with E-state index in [9.17, 15) is 9.90 Å². The first-order valence-electron chi connectivity index (χ1n) is 9.26. The number of allylic oxidation sites excluding steroid dienone is 1. The van der Waals surface area contributed by atoms with Crippen LogP contribution in [0.4, 0.5) is 0 Å². The van der Waals surface area contributed by atoms with Crippen LogP contribution in [0.1, 0.15) is 39.5 Å². The number of ether oxygens (including phenoxy) is 3. The van der Waals surface area contributed by atoms with Crippen LogP contribution in [0.2, 0.25) is 0 Å². The van der Waals surface area contributed by atoms with E-state index in [1.165, 1.54) is 0 Å². The maximum absolute atomic E-state index is 12.6. The lowest BCUT2D eigenvalue weighted by atomic mass is 9.63. The molecule has 2 bridgehead atoms. The van der Waals surface area contributed by atoms with E-state index >= 15 is 0 Å². The molecule has 2 saturated heterocycles. The van der Waals surface area contributed by atoms with Crippen LogP contribution >= 0.6 is 0 Å². The fraction of sp³-hybridized carbons (Fsp3) is 0.842. The van der Waals surface area contributed by atoms with Crippen molar-refractivity contribution in [3.63, 3.8) is 0 Å². The van der Waals surface area contributed by atoms with Gasteiger partial charge in [0.15, 0.2) is 11.5 Å². The van der Waals surface area contributed by atoms with Crippen LogP contribution in [0, 0.1) is 23.7 Å². The highest BCUT2D eigenvalue weighted by Gasteiger charge is 2.68. The Morgan fingerprint density at radius 1 is 1.33 bits per heavy atom. The minimum absolute atomic E-state index is 0.0514. The number of methoxy groups -OCH3 is 1. The third-order valence-corrected chi connectivity index (χ3v) is 6.77. The van der Waals surface area contributed by atoms with Crippen LogP contribution < -0.4 is 0 Å². The normalized spacial score (nSPS) is 46.9. The van der Waals surface area contributed by atoms with E-state index < -0.39 is 11.7 Å². The van der Waals surface area contributed by atoms with Crippen molar-refractivity contribution in [2.45, 2.75) is 57.3 Å². The molecule has 5 heteroatoms. The van der Waals surface area contributed by atoms with Crippen LogP contribution in [0.15, 0.2) is 11.3 Å². The van der Waals surface area contributed by atoms with Gasteiger partial charge < -0.3 is 19.3 Å². The van der Waals surface area contributed by atoms with Gasteiger partial charge in [-0.3, -0.25) is 4.79 Å². The maximum Gasteiger partial charge on any atom is 0.198 e. The van der Waals surface area contributed by atoms with Gasteiger partial charge >= 0.3 is 0 Å². The molecule has 5 nitrogen and oxygen atoms in total. The first-order valence-corrected chi connectivity index (χ1v) is 9.26. The molecule has 0 unspecified atom stereocenters. The summed E-state index contributed by atoms with van der Waals surface area (Å²) >= 11 is 0. The molecular weight excluding hydrogens is 308 g/mol. The summed E-state index contributed by atoms with van der Waals surface area (Å²) < 4.78 is 17.6. The Labute approximate surface area is 143 Å². The van der Waals surface area contributed by atoms with Crippen LogP contribution in [-0.4, -0.2) is 49.0 Å². The summed E-state index contributed by atoms with van der Waals surface area (Å²) in [5, 5.41) is 10.8. The van der Waals surface area contributed by atoms with E-state index in [4.69, 9.17) is 14.2 Å². The van der Waals surface area contributed by atoms with Crippen molar-refractivity contribution in [2.24, 2.45) is 23.7 Å². The number of fused-ring (bicyclic) bond motifs is 2. The van der Waals surface area contributed by atoms with Crippen LogP contribution in [-0.2, 0) is 19.0 Å². The molecule has 0 aromatic heterocycles. The van der Waals surface area contributed by atoms with Crippen LogP contribution in [0.3, 0.4) is 0 Å². The predicted molar refractivity (Wildman–Crippen MR) is 87.2 cm³/mol. The topological polar surface area (TPSA) is 65.0 Å². The Balaban J connectivity index is 1.81. The van der Waals surface area contributed by atoms with E-state index in [2.05, 4.69) is 6.92 Å². The second-order valence-electron chi connectivity index (χ2n) is 7.97. The van der Waals surface area contributed by atoms with Gasteiger partial charge in [-0.15, -0.1) is 0 Å². The fourth-order valence-corrected chi connectivity index (χ4v) is 5.99. The van der Waals surface area contributed by atoms with Crippen molar-refractivity contribution in [3.05, 3.63) is 11.3 Å². The SMILES string of the molecule is CCOC1=C2C[C@H](COC)C[C@@H]3[C@@H](O)[C@@H]4C[C@@H](C)[C@]3(O4)[C@@H]2CC1=O. The first kappa shape index (κ1) is 16.6. The van der Waals surface area contributed by atoms with Gasteiger partial charge in [0, 0.05) is 32.0 Å². The summed E-state index contributed by atoms with van der Waals surface area (Å²) in [5.41, 5.74) is 0.712. The zero-order valence-corrected chi connectivity index (χ0v) is 14.8. The minimum atomic E-state index is -0.425. The molecule has 7 atom stereocenters. The average Bonchev–Trinajstić information content (AvgIpc) is 3.09. The van der Waals surface area contributed by atoms with Crippen molar-refractivity contribution in [2.75, 3.05) is 20.3 Å².